The number of rotatable bonds is 4. The Labute approximate surface area is 383 Å². The number of para-hydroxylation sites is 3. The molecule has 2 aliphatic rings. The van der Waals surface area contributed by atoms with Crippen molar-refractivity contribution >= 4 is 54.6 Å². The molecule has 66 heavy (non-hydrogen) atoms. The van der Waals surface area contributed by atoms with Gasteiger partial charge in [-0.25, -0.2) is 9.97 Å². The zero-order valence-electron chi connectivity index (χ0n) is 37.3. The highest BCUT2D eigenvalue weighted by atomic mass is 15.0. The van der Waals surface area contributed by atoms with Crippen molar-refractivity contribution in [1.29, 1.82) is 0 Å². The number of aromatic nitrogens is 4. The summed E-state index contributed by atoms with van der Waals surface area (Å²) in [4.78, 5) is 11.3. The Morgan fingerprint density at radius 1 is 0.333 bits per heavy atom. The summed E-state index contributed by atoms with van der Waals surface area (Å²) < 4.78 is 4.90. The number of nitrogens with zero attached hydrogens (tertiary/aromatic N) is 4. The van der Waals surface area contributed by atoms with Gasteiger partial charge in [-0.1, -0.05) is 167 Å². The van der Waals surface area contributed by atoms with Gasteiger partial charge in [0, 0.05) is 54.9 Å². The molecular formula is C62H44N4. The van der Waals surface area contributed by atoms with Crippen molar-refractivity contribution in [3.63, 3.8) is 0 Å². The van der Waals surface area contributed by atoms with Gasteiger partial charge in [0.15, 0.2) is 0 Å². The molecule has 4 heteroatoms. The van der Waals surface area contributed by atoms with E-state index in [4.69, 9.17) is 9.97 Å². The Morgan fingerprint density at radius 3 is 1.35 bits per heavy atom. The lowest BCUT2D eigenvalue weighted by Crippen LogP contribution is -2.15. The molecule has 3 heterocycles. The number of fused-ring (bicyclic) bond motifs is 14. The van der Waals surface area contributed by atoms with Gasteiger partial charge in [-0.05, 0) is 99.1 Å². The predicted molar refractivity (Wildman–Crippen MR) is 274 cm³/mol. The highest BCUT2D eigenvalue weighted by Gasteiger charge is 2.37. The van der Waals surface area contributed by atoms with E-state index in [-0.39, 0.29) is 10.8 Å². The zero-order valence-corrected chi connectivity index (χ0v) is 37.3. The largest absolute Gasteiger partial charge is 0.307 e. The van der Waals surface area contributed by atoms with E-state index >= 15 is 0 Å². The van der Waals surface area contributed by atoms with Crippen LogP contribution < -0.4 is 0 Å². The lowest BCUT2D eigenvalue weighted by atomic mass is 9.81. The minimum atomic E-state index is -0.160. The van der Waals surface area contributed by atoms with Crippen molar-refractivity contribution in [3.8, 4) is 56.1 Å². The van der Waals surface area contributed by atoms with E-state index in [2.05, 4.69) is 231 Å². The lowest BCUT2D eigenvalue weighted by molar-refractivity contribution is 0.660. The van der Waals surface area contributed by atoms with Gasteiger partial charge in [0.2, 0.25) is 0 Å². The minimum Gasteiger partial charge on any atom is -0.307 e. The van der Waals surface area contributed by atoms with Gasteiger partial charge in [0.05, 0.1) is 44.5 Å². The molecule has 0 atom stereocenters. The SMILES string of the molecule is CC1(C)c2ccccc2-c2ccc(-c3nc4ccc(-n5c6ccccc6c6ccc7c8ccccc8n(-c8ccccc8)c7c65)cc4nc3-c3ccc4c(c3)C(C)(C)c3ccccc3-4)cc21. The van der Waals surface area contributed by atoms with Gasteiger partial charge >= 0.3 is 0 Å². The summed E-state index contributed by atoms with van der Waals surface area (Å²) in [5.41, 5.74) is 22.8. The van der Waals surface area contributed by atoms with Crippen molar-refractivity contribution in [1.82, 2.24) is 19.1 Å². The molecule has 0 saturated heterocycles. The summed E-state index contributed by atoms with van der Waals surface area (Å²) in [6, 6.07) is 71.2. The van der Waals surface area contributed by atoms with Crippen molar-refractivity contribution in [2.24, 2.45) is 0 Å². The molecular weight excluding hydrogens is 801 g/mol. The topological polar surface area (TPSA) is 35.6 Å². The summed E-state index contributed by atoms with van der Waals surface area (Å²) in [7, 11) is 0. The summed E-state index contributed by atoms with van der Waals surface area (Å²) in [6.07, 6.45) is 0. The van der Waals surface area contributed by atoms with E-state index in [0.717, 1.165) is 50.4 Å². The molecule has 9 aromatic carbocycles. The molecule has 0 N–H and O–H groups in total. The standard InChI is InChI=1S/C62H44N4/c1-61(2)49-22-12-8-18-41(49)43-29-26-37(34-51(43)61)57-58(38-27-30-44-42-19-9-13-23-50(42)62(3,4)52(44)35-38)64-54-36-40(28-33-53(54)63-57)66-56-25-15-11-21-46(56)48-32-31-47-45-20-10-14-24-55(45)65(59(47)60(48)66)39-16-6-5-7-17-39/h5-36H,1-4H3. The second-order valence-electron chi connectivity index (χ2n) is 19.4. The Morgan fingerprint density at radius 2 is 0.788 bits per heavy atom. The maximum atomic E-state index is 5.73. The van der Waals surface area contributed by atoms with Crippen LogP contribution in [0.4, 0.5) is 0 Å². The first-order chi connectivity index (χ1) is 32.3. The van der Waals surface area contributed by atoms with Crippen molar-refractivity contribution in [2.75, 3.05) is 0 Å². The molecule has 312 valence electrons. The molecule has 14 rings (SSSR count). The van der Waals surface area contributed by atoms with Gasteiger partial charge in [0.1, 0.15) is 0 Å². The normalized spacial score (nSPS) is 14.3. The minimum absolute atomic E-state index is 0.148. The average molecular weight is 845 g/mol. The Hall–Kier alpha value is -8.08. The van der Waals surface area contributed by atoms with E-state index < -0.39 is 0 Å². The third-order valence-corrected chi connectivity index (χ3v) is 15.1. The van der Waals surface area contributed by atoms with Crippen LogP contribution in [-0.2, 0) is 10.8 Å². The molecule has 0 unspecified atom stereocenters. The first-order valence-corrected chi connectivity index (χ1v) is 23.1. The molecule has 0 spiro atoms. The van der Waals surface area contributed by atoms with Crippen molar-refractivity contribution in [2.45, 2.75) is 38.5 Å². The first-order valence-electron chi connectivity index (χ1n) is 23.1. The Kier molecular flexibility index (Phi) is 7.49. The van der Waals surface area contributed by atoms with E-state index in [1.165, 1.54) is 82.6 Å². The monoisotopic (exact) mass is 844 g/mol. The molecule has 12 aromatic rings. The van der Waals surface area contributed by atoms with Crippen LogP contribution in [0.5, 0.6) is 0 Å². The van der Waals surface area contributed by atoms with Crippen LogP contribution in [0.1, 0.15) is 49.9 Å². The summed E-state index contributed by atoms with van der Waals surface area (Å²) >= 11 is 0. The van der Waals surface area contributed by atoms with E-state index in [1.54, 1.807) is 0 Å². The predicted octanol–water partition coefficient (Wildman–Crippen LogP) is 15.8. The average Bonchev–Trinajstić information content (AvgIpc) is 4.02. The second-order valence-corrected chi connectivity index (χ2v) is 19.4. The third-order valence-electron chi connectivity index (χ3n) is 15.1. The van der Waals surface area contributed by atoms with E-state index in [9.17, 15) is 0 Å². The lowest BCUT2D eigenvalue weighted by Gasteiger charge is -2.23. The Bertz CT molecular complexity index is 4050. The van der Waals surface area contributed by atoms with Crippen LogP contribution in [0.2, 0.25) is 0 Å². The van der Waals surface area contributed by atoms with Crippen LogP contribution in [0.15, 0.2) is 194 Å². The molecule has 0 aliphatic heterocycles. The molecule has 2 aliphatic carbocycles. The zero-order chi connectivity index (χ0) is 44.1. The number of hydrogen-bond donors (Lipinski definition) is 0. The highest BCUT2D eigenvalue weighted by molar-refractivity contribution is 6.24. The fourth-order valence-electron chi connectivity index (χ4n) is 11.9. The summed E-state index contributed by atoms with van der Waals surface area (Å²) in [6.45, 7) is 9.39. The van der Waals surface area contributed by atoms with Crippen molar-refractivity contribution in [3.05, 3.63) is 216 Å². The van der Waals surface area contributed by atoms with Gasteiger partial charge in [0.25, 0.3) is 0 Å². The smallest absolute Gasteiger partial charge is 0.0973 e. The molecule has 0 bridgehead atoms. The van der Waals surface area contributed by atoms with Crippen molar-refractivity contribution < 1.29 is 0 Å². The summed E-state index contributed by atoms with van der Waals surface area (Å²) in [5, 5.41) is 4.88. The second kappa shape index (κ2) is 13.2. The van der Waals surface area contributed by atoms with E-state index in [0.29, 0.717) is 0 Å². The van der Waals surface area contributed by atoms with Crippen LogP contribution >= 0.6 is 0 Å². The third kappa shape index (κ3) is 4.99. The molecule has 3 aromatic heterocycles. The Balaban J connectivity index is 1.03. The van der Waals surface area contributed by atoms with Gasteiger partial charge < -0.3 is 9.13 Å². The van der Waals surface area contributed by atoms with Crippen LogP contribution in [0, 0.1) is 0 Å². The fraction of sp³-hybridized carbons (Fsp3) is 0.0968. The number of hydrogen-bond acceptors (Lipinski definition) is 2. The van der Waals surface area contributed by atoms with Gasteiger partial charge in [-0.2, -0.15) is 0 Å². The maximum Gasteiger partial charge on any atom is 0.0973 e. The highest BCUT2D eigenvalue weighted by Crippen LogP contribution is 2.52. The van der Waals surface area contributed by atoms with Crippen LogP contribution in [0.3, 0.4) is 0 Å². The molecule has 0 radical (unpaired) electrons. The molecule has 0 amide bonds. The molecule has 4 nitrogen and oxygen atoms in total. The maximum absolute atomic E-state index is 5.73. The number of benzene rings is 9. The van der Waals surface area contributed by atoms with Crippen LogP contribution in [0.25, 0.3) is 111 Å². The van der Waals surface area contributed by atoms with Gasteiger partial charge in [-0.3, -0.25) is 0 Å². The molecule has 0 fully saturated rings. The van der Waals surface area contributed by atoms with E-state index in [1.807, 2.05) is 0 Å². The quantitative estimate of drug-likeness (QED) is 0.177. The van der Waals surface area contributed by atoms with Crippen LogP contribution in [-0.4, -0.2) is 19.1 Å². The first kappa shape index (κ1) is 37.3. The molecule has 0 saturated carbocycles. The summed E-state index contributed by atoms with van der Waals surface area (Å²) in [5.74, 6) is 0. The fourth-order valence-corrected chi connectivity index (χ4v) is 11.9. The van der Waals surface area contributed by atoms with Gasteiger partial charge in [-0.15, -0.1) is 0 Å².